The van der Waals surface area contributed by atoms with Crippen molar-refractivity contribution in [3.05, 3.63) is 64.6 Å². The fourth-order valence-electron chi connectivity index (χ4n) is 2.63. The standard InChI is InChI=1S/C21H20N2O4S2/c1-3-26-16-11-10-15(17(13-16)27-4-2)12-18-20(25)23(21(28)29-18)22-19(24)14-8-6-5-7-9-14/h5-13H,3-4H2,1-2H3,(H,22,24)/b18-12+. The molecule has 3 rings (SSSR count). The van der Waals surface area contributed by atoms with Gasteiger partial charge >= 0.3 is 0 Å². The zero-order valence-electron chi connectivity index (χ0n) is 16.0. The lowest BCUT2D eigenvalue weighted by atomic mass is 10.1. The molecule has 29 heavy (non-hydrogen) atoms. The first-order valence-corrected chi connectivity index (χ1v) is 10.3. The molecule has 0 saturated carbocycles. The highest BCUT2D eigenvalue weighted by Gasteiger charge is 2.34. The number of nitrogens with zero attached hydrogens (tertiary/aromatic N) is 1. The molecule has 2 aromatic carbocycles. The van der Waals surface area contributed by atoms with Crippen molar-refractivity contribution in [2.45, 2.75) is 13.8 Å². The third-order valence-electron chi connectivity index (χ3n) is 3.93. The molecule has 0 atom stereocenters. The van der Waals surface area contributed by atoms with E-state index in [0.717, 1.165) is 22.3 Å². The predicted molar refractivity (Wildman–Crippen MR) is 118 cm³/mol. The minimum absolute atomic E-state index is 0.259. The second kappa shape index (κ2) is 9.58. The molecule has 2 aromatic rings. The highest BCUT2D eigenvalue weighted by molar-refractivity contribution is 8.26. The number of carbonyl (C=O) groups excluding carboxylic acids is 2. The van der Waals surface area contributed by atoms with Gasteiger partial charge < -0.3 is 9.47 Å². The van der Waals surface area contributed by atoms with E-state index in [4.69, 9.17) is 21.7 Å². The van der Waals surface area contributed by atoms with E-state index in [0.29, 0.717) is 35.2 Å². The maximum atomic E-state index is 12.8. The van der Waals surface area contributed by atoms with E-state index in [1.165, 1.54) is 0 Å². The van der Waals surface area contributed by atoms with Gasteiger partial charge in [0.2, 0.25) is 0 Å². The Morgan fingerprint density at radius 3 is 2.55 bits per heavy atom. The van der Waals surface area contributed by atoms with Gasteiger partial charge in [0.15, 0.2) is 4.32 Å². The highest BCUT2D eigenvalue weighted by atomic mass is 32.2. The molecular weight excluding hydrogens is 408 g/mol. The van der Waals surface area contributed by atoms with Gasteiger partial charge in [-0.05, 0) is 56.4 Å². The van der Waals surface area contributed by atoms with Crippen LogP contribution >= 0.6 is 24.0 Å². The minimum atomic E-state index is -0.403. The van der Waals surface area contributed by atoms with E-state index in [-0.39, 0.29) is 10.2 Å². The van der Waals surface area contributed by atoms with Gasteiger partial charge in [-0.25, -0.2) is 0 Å². The average molecular weight is 429 g/mol. The number of benzene rings is 2. The van der Waals surface area contributed by atoms with E-state index in [1.54, 1.807) is 36.4 Å². The van der Waals surface area contributed by atoms with Crippen molar-refractivity contribution in [3.8, 4) is 11.5 Å². The van der Waals surface area contributed by atoms with Crippen molar-refractivity contribution in [3.63, 3.8) is 0 Å². The molecule has 0 spiro atoms. The third-order valence-corrected chi connectivity index (χ3v) is 5.23. The molecule has 2 amide bonds. The number of nitrogens with one attached hydrogen (secondary N) is 1. The summed E-state index contributed by atoms with van der Waals surface area (Å²) in [4.78, 5) is 25.6. The lowest BCUT2D eigenvalue weighted by molar-refractivity contribution is -0.123. The smallest absolute Gasteiger partial charge is 0.285 e. The van der Waals surface area contributed by atoms with Crippen LogP contribution in [0.5, 0.6) is 11.5 Å². The summed E-state index contributed by atoms with van der Waals surface area (Å²) < 4.78 is 11.5. The van der Waals surface area contributed by atoms with Crippen molar-refractivity contribution < 1.29 is 19.1 Å². The summed E-state index contributed by atoms with van der Waals surface area (Å²) >= 11 is 6.40. The molecule has 0 unspecified atom stereocenters. The molecular formula is C21H20N2O4S2. The van der Waals surface area contributed by atoms with Gasteiger partial charge in [0, 0.05) is 17.2 Å². The van der Waals surface area contributed by atoms with Gasteiger partial charge in [0.05, 0.1) is 18.1 Å². The summed E-state index contributed by atoms with van der Waals surface area (Å²) in [6.45, 7) is 4.81. The Hall–Kier alpha value is -2.84. The number of carbonyl (C=O) groups is 2. The summed E-state index contributed by atoms with van der Waals surface area (Å²) in [6, 6.07) is 14.1. The van der Waals surface area contributed by atoms with Crippen molar-refractivity contribution in [1.29, 1.82) is 0 Å². The summed E-state index contributed by atoms with van der Waals surface area (Å²) in [7, 11) is 0. The normalized spacial score (nSPS) is 15.0. The second-order valence-electron chi connectivity index (χ2n) is 5.89. The van der Waals surface area contributed by atoms with Crippen LogP contribution in [0.25, 0.3) is 6.08 Å². The van der Waals surface area contributed by atoms with Gasteiger partial charge in [-0.15, -0.1) is 0 Å². The van der Waals surface area contributed by atoms with Gasteiger partial charge in [-0.1, -0.05) is 30.0 Å². The molecule has 0 aromatic heterocycles. The number of amides is 2. The van der Waals surface area contributed by atoms with Crippen LogP contribution in [0.15, 0.2) is 53.4 Å². The average Bonchev–Trinajstić information content (AvgIpc) is 2.98. The first-order valence-electron chi connectivity index (χ1n) is 9.07. The Morgan fingerprint density at radius 1 is 1.14 bits per heavy atom. The number of hydrogen-bond donors (Lipinski definition) is 1. The van der Waals surface area contributed by atoms with Gasteiger partial charge in [0.1, 0.15) is 11.5 Å². The molecule has 150 valence electrons. The first kappa shape index (κ1) is 20.9. The molecule has 6 nitrogen and oxygen atoms in total. The topological polar surface area (TPSA) is 67.9 Å². The largest absolute Gasteiger partial charge is 0.494 e. The van der Waals surface area contributed by atoms with Gasteiger partial charge in [-0.2, -0.15) is 5.01 Å². The predicted octanol–water partition coefficient (Wildman–Crippen LogP) is 4.03. The number of rotatable bonds is 7. The van der Waals surface area contributed by atoms with Crippen LogP contribution in [0.3, 0.4) is 0 Å². The monoisotopic (exact) mass is 428 g/mol. The second-order valence-corrected chi connectivity index (χ2v) is 7.57. The molecule has 8 heteroatoms. The Morgan fingerprint density at radius 2 is 1.86 bits per heavy atom. The molecule has 1 N–H and O–H groups in total. The maximum absolute atomic E-state index is 12.8. The number of thioether (sulfide) groups is 1. The maximum Gasteiger partial charge on any atom is 0.285 e. The number of hydrazine groups is 1. The van der Waals surface area contributed by atoms with Crippen LogP contribution in [0.2, 0.25) is 0 Å². The SMILES string of the molecule is CCOc1ccc(/C=C2/SC(=S)N(NC(=O)c3ccccc3)C2=O)c(OCC)c1. The molecule has 1 aliphatic heterocycles. The van der Waals surface area contributed by atoms with E-state index in [9.17, 15) is 9.59 Å². The fourth-order valence-corrected chi connectivity index (χ4v) is 3.80. The molecule has 1 saturated heterocycles. The zero-order valence-corrected chi connectivity index (χ0v) is 17.6. The minimum Gasteiger partial charge on any atom is -0.494 e. The van der Waals surface area contributed by atoms with Crippen LogP contribution in [-0.4, -0.2) is 34.4 Å². The van der Waals surface area contributed by atoms with Crippen LogP contribution in [0, 0.1) is 0 Å². The molecule has 1 fully saturated rings. The summed E-state index contributed by atoms with van der Waals surface area (Å²) in [5.74, 6) is 0.507. The van der Waals surface area contributed by atoms with Gasteiger partial charge in [0.25, 0.3) is 11.8 Å². The van der Waals surface area contributed by atoms with E-state index in [1.807, 2.05) is 32.0 Å². The zero-order chi connectivity index (χ0) is 20.8. The van der Waals surface area contributed by atoms with E-state index in [2.05, 4.69) is 5.43 Å². The fraction of sp³-hybridized carbons (Fsp3) is 0.190. The molecule has 0 radical (unpaired) electrons. The number of thiocarbonyl (C=S) groups is 1. The first-order chi connectivity index (χ1) is 14.0. The van der Waals surface area contributed by atoms with E-state index < -0.39 is 5.91 Å². The van der Waals surface area contributed by atoms with Crippen molar-refractivity contribution in [2.24, 2.45) is 0 Å². The van der Waals surface area contributed by atoms with Gasteiger partial charge in [-0.3, -0.25) is 15.0 Å². The summed E-state index contributed by atoms with van der Waals surface area (Å²) in [5.41, 5.74) is 3.73. The Kier molecular flexibility index (Phi) is 6.90. The number of ether oxygens (including phenoxy) is 2. The van der Waals surface area contributed by atoms with Crippen molar-refractivity contribution in [1.82, 2.24) is 10.4 Å². The summed E-state index contributed by atoms with van der Waals surface area (Å²) in [6.07, 6.45) is 1.70. The van der Waals surface area contributed by atoms with Crippen LogP contribution in [-0.2, 0) is 4.79 Å². The lowest BCUT2D eigenvalue weighted by Crippen LogP contribution is -2.44. The highest BCUT2D eigenvalue weighted by Crippen LogP contribution is 2.34. The van der Waals surface area contributed by atoms with Crippen LogP contribution in [0.1, 0.15) is 29.8 Å². The summed E-state index contributed by atoms with van der Waals surface area (Å²) in [5, 5.41) is 1.09. The van der Waals surface area contributed by atoms with Crippen LogP contribution < -0.4 is 14.9 Å². The quantitative estimate of drug-likeness (QED) is 0.531. The molecule has 0 bridgehead atoms. The Balaban J connectivity index is 1.81. The van der Waals surface area contributed by atoms with Crippen LogP contribution in [0.4, 0.5) is 0 Å². The van der Waals surface area contributed by atoms with E-state index >= 15 is 0 Å². The molecule has 1 aliphatic rings. The number of hydrogen-bond acceptors (Lipinski definition) is 6. The molecule has 1 heterocycles. The Bertz CT molecular complexity index is 960. The third kappa shape index (κ3) is 4.96. The lowest BCUT2D eigenvalue weighted by Gasteiger charge is -2.15. The van der Waals surface area contributed by atoms with Crippen molar-refractivity contribution in [2.75, 3.05) is 13.2 Å². The Labute approximate surface area is 178 Å². The van der Waals surface area contributed by atoms with Crippen molar-refractivity contribution >= 4 is 46.2 Å². The molecule has 0 aliphatic carbocycles.